The van der Waals surface area contributed by atoms with Gasteiger partial charge in [0.15, 0.2) is 0 Å². The van der Waals surface area contributed by atoms with Crippen molar-refractivity contribution in [1.29, 1.82) is 0 Å². The molecule has 0 aliphatic carbocycles. The molecule has 0 amide bonds. The molecular weight excluding hydrogens is 254 g/mol. The van der Waals surface area contributed by atoms with Crippen LogP contribution in [-0.4, -0.2) is 16.0 Å². The smallest absolute Gasteiger partial charge is 0.0705 e. The van der Waals surface area contributed by atoms with E-state index >= 15 is 0 Å². The second-order valence-electron chi connectivity index (χ2n) is 5.02. The Bertz CT molecular complexity index is 350. The quantitative estimate of drug-likeness (QED) is 0.832. The second-order valence-corrected chi connectivity index (χ2v) is 6.89. The number of aliphatic hydroxyl groups is 1. The van der Waals surface area contributed by atoms with E-state index in [-0.39, 0.29) is 23.2 Å². The summed E-state index contributed by atoms with van der Waals surface area (Å²) in [5.74, 6) is 0. The molecule has 0 aliphatic heterocycles. The minimum atomic E-state index is -0.526. The van der Waals surface area contributed by atoms with Gasteiger partial charge in [0, 0.05) is 9.64 Å². The summed E-state index contributed by atoms with van der Waals surface area (Å²) in [4.78, 5) is 1.16. The van der Waals surface area contributed by atoms with E-state index < -0.39 is 6.10 Å². The summed E-state index contributed by atoms with van der Waals surface area (Å²) in [5.41, 5.74) is 7.02. The molecule has 98 valence electrons. The third-order valence-electron chi connectivity index (χ3n) is 2.21. The van der Waals surface area contributed by atoms with Gasteiger partial charge < -0.3 is 10.8 Å². The zero-order valence-corrected chi connectivity index (χ0v) is 12.4. The number of thioether (sulfide) groups is 1. The first kappa shape index (κ1) is 16.8. The van der Waals surface area contributed by atoms with E-state index in [0.717, 1.165) is 10.5 Å². The maximum Gasteiger partial charge on any atom is 0.0705 e. The lowest BCUT2D eigenvalue weighted by Gasteiger charge is -2.23. The molecule has 0 saturated carbocycles. The van der Waals surface area contributed by atoms with E-state index in [4.69, 9.17) is 5.73 Å². The first-order chi connectivity index (χ1) is 7.31. The summed E-state index contributed by atoms with van der Waals surface area (Å²) < 4.78 is 0.147. The van der Waals surface area contributed by atoms with Crippen LogP contribution >= 0.6 is 24.2 Å². The highest BCUT2D eigenvalue weighted by Crippen LogP contribution is 2.36. The Labute approximate surface area is 114 Å². The molecule has 2 atom stereocenters. The Balaban J connectivity index is 0.00000256. The third kappa shape index (κ3) is 5.30. The third-order valence-corrected chi connectivity index (χ3v) is 3.42. The fourth-order valence-electron chi connectivity index (χ4n) is 1.44. The fraction of sp³-hybridized carbons (Fsp3) is 0.538. The number of aliphatic hydroxyl groups excluding tert-OH is 1. The number of benzene rings is 1. The molecule has 4 heteroatoms. The van der Waals surface area contributed by atoms with Crippen LogP contribution in [0, 0.1) is 0 Å². The molecule has 0 aromatic heterocycles. The van der Waals surface area contributed by atoms with Gasteiger partial charge in [-0.3, -0.25) is 0 Å². The molecule has 17 heavy (non-hydrogen) atoms. The van der Waals surface area contributed by atoms with Crippen molar-refractivity contribution in [3.8, 4) is 0 Å². The number of halogens is 1. The summed E-state index contributed by atoms with van der Waals surface area (Å²) in [5, 5.41) is 9.56. The van der Waals surface area contributed by atoms with Gasteiger partial charge in [-0.25, -0.2) is 0 Å². The Morgan fingerprint density at radius 1 is 1.24 bits per heavy atom. The maximum absolute atomic E-state index is 9.56. The molecule has 2 nitrogen and oxygen atoms in total. The Kier molecular flexibility index (Phi) is 6.56. The van der Waals surface area contributed by atoms with E-state index in [2.05, 4.69) is 26.8 Å². The molecule has 0 bridgehead atoms. The van der Waals surface area contributed by atoms with Crippen LogP contribution in [0.5, 0.6) is 0 Å². The molecule has 0 unspecified atom stereocenters. The van der Waals surface area contributed by atoms with Gasteiger partial charge in [-0.2, -0.15) is 0 Å². The van der Waals surface area contributed by atoms with Crippen molar-refractivity contribution in [2.24, 2.45) is 5.73 Å². The van der Waals surface area contributed by atoms with Gasteiger partial charge in [0.2, 0.25) is 0 Å². The number of hydrogen-bond donors (Lipinski definition) is 2. The maximum atomic E-state index is 9.56. The number of rotatable bonds is 3. The molecular formula is C13H22ClNOS. The van der Waals surface area contributed by atoms with Crippen molar-refractivity contribution in [3.05, 3.63) is 29.8 Å². The van der Waals surface area contributed by atoms with Crippen molar-refractivity contribution in [1.82, 2.24) is 0 Å². The van der Waals surface area contributed by atoms with Gasteiger partial charge in [-0.1, -0.05) is 39.0 Å². The number of hydrogen-bond acceptors (Lipinski definition) is 3. The predicted molar refractivity (Wildman–Crippen MR) is 77.9 cm³/mol. The molecule has 0 spiro atoms. The van der Waals surface area contributed by atoms with Gasteiger partial charge in [0.05, 0.1) is 12.1 Å². The zero-order chi connectivity index (χ0) is 12.3. The van der Waals surface area contributed by atoms with Gasteiger partial charge in [-0.05, 0) is 18.6 Å². The van der Waals surface area contributed by atoms with E-state index in [0.29, 0.717) is 0 Å². The summed E-state index contributed by atoms with van der Waals surface area (Å²) in [6.45, 7) is 8.23. The van der Waals surface area contributed by atoms with Gasteiger partial charge in [0.1, 0.15) is 0 Å². The average Bonchev–Trinajstić information content (AvgIpc) is 2.15. The highest BCUT2D eigenvalue weighted by molar-refractivity contribution is 8.00. The zero-order valence-electron chi connectivity index (χ0n) is 10.8. The normalized spacial score (nSPS) is 14.9. The van der Waals surface area contributed by atoms with Crippen LogP contribution in [0.1, 0.15) is 39.3 Å². The highest BCUT2D eigenvalue weighted by atomic mass is 35.5. The second kappa shape index (κ2) is 6.64. The van der Waals surface area contributed by atoms with E-state index in [1.807, 2.05) is 18.2 Å². The Hall–Kier alpha value is -0.220. The molecule has 0 aliphatic rings. The molecule has 1 aromatic rings. The molecule has 1 aromatic carbocycles. The van der Waals surface area contributed by atoms with Crippen LogP contribution in [0.15, 0.2) is 29.2 Å². The molecule has 3 N–H and O–H groups in total. The van der Waals surface area contributed by atoms with Crippen LogP contribution in [0.4, 0.5) is 0 Å². The molecule has 0 radical (unpaired) electrons. The summed E-state index contributed by atoms with van der Waals surface area (Å²) in [6, 6.07) is 7.71. The van der Waals surface area contributed by atoms with Crippen molar-refractivity contribution >= 4 is 24.2 Å². The van der Waals surface area contributed by atoms with Gasteiger partial charge in [0.25, 0.3) is 0 Å². The largest absolute Gasteiger partial charge is 0.391 e. The minimum absolute atomic E-state index is 0. The first-order valence-electron chi connectivity index (χ1n) is 5.53. The summed E-state index contributed by atoms with van der Waals surface area (Å²) in [7, 11) is 0. The van der Waals surface area contributed by atoms with E-state index in [9.17, 15) is 5.11 Å². The van der Waals surface area contributed by atoms with Crippen molar-refractivity contribution in [2.45, 2.75) is 49.5 Å². The van der Waals surface area contributed by atoms with Gasteiger partial charge in [-0.15, -0.1) is 24.2 Å². The van der Waals surface area contributed by atoms with Crippen LogP contribution in [0.3, 0.4) is 0 Å². The van der Waals surface area contributed by atoms with Gasteiger partial charge >= 0.3 is 0 Å². The topological polar surface area (TPSA) is 46.2 Å². The Morgan fingerprint density at radius 3 is 2.24 bits per heavy atom. The van der Waals surface area contributed by atoms with Crippen LogP contribution in [-0.2, 0) is 0 Å². The monoisotopic (exact) mass is 275 g/mol. The van der Waals surface area contributed by atoms with Crippen LogP contribution in [0.2, 0.25) is 0 Å². The molecule has 0 heterocycles. The van der Waals surface area contributed by atoms with Crippen LogP contribution < -0.4 is 5.73 Å². The molecule has 0 fully saturated rings. The lowest BCUT2D eigenvalue weighted by molar-refractivity contribution is 0.163. The SMILES string of the molecule is C[C@@H](O)[C@@H](N)c1ccccc1SC(C)(C)C.Cl. The summed E-state index contributed by atoms with van der Waals surface area (Å²) in [6.07, 6.45) is -0.526. The average molecular weight is 276 g/mol. The molecule has 0 saturated heterocycles. The highest BCUT2D eigenvalue weighted by Gasteiger charge is 2.19. The van der Waals surface area contributed by atoms with Crippen molar-refractivity contribution in [3.63, 3.8) is 0 Å². The van der Waals surface area contributed by atoms with E-state index in [1.165, 1.54) is 0 Å². The predicted octanol–water partition coefficient (Wildman–Crippen LogP) is 3.38. The standard InChI is InChI=1S/C13H21NOS.ClH/c1-9(15)12(14)10-7-5-6-8-11(10)16-13(2,3)4;/h5-9,12,15H,14H2,1-4H3;1H/t9-,12-;/m1./s1. The lowest BCUT2D eigenvalue weighted by Crippen LogP contribution is -2.24. The fourth-order valence-corrected chi connectivity index (χ4v) is 2.57. The van der Waals surface area contributed by atoms with Crippen molar-refractivity contribution in [2.75, 3.05) is 0 Å². The first-order valence-corrected chi connectivity index (χ1v) is 6.34. The number of nitrogens with two attached hydrogens (primary N) is 1. The Morgan fingerprint density at radius 2 is 1.76 bits per heavy atom. The van der Waals surface area contributed by atoms with E-state index in [1.54, 1.807) is 18.7 Å². The minimum Gasteiger partial charge on any atom is -0.391 e. The van der Waals surface area contributed by atoms with Crippen LogP contribution in [0.25, 0.3) is 0 Å². The van der Waals surface area contributed by atoms with Crippen molar-refractivity contribution < 1.29 is 5.11 Å². The summed E-state index contributed by atoms with van der Waals surface area (Å²) >= 11 is 1.78. The lowest BCUT2D eigenvalue weighted by atomic mass is 10.0. The molecule has 1 rings (SSSR count).